The molecule has 1 aromatic carbocycles. The number of amides is 1. The van der Waals surface area contributed by atoms with Gasteiger partial charge in [0.1, 0.15) is 12.2 Å². The second-order valence-electron chi connectivity index (χ2n) is 8.20. The number of carboxylic acids is 1. The minimum Gasteiger partial charge on any atom is -0.612 e. The van der Waals surface area contributed by atoms with E-state index in [2.05, 4.69) is 10.1 Å². The molecule has 3 atom stereocenters. The molecule has 8 heteroatoms. The van der Waals surface area contributed by atoms with Crippen LogP contribution in [0.4, 0.5) is 0 Å². The lowest BCUT2D eigenvalue weighted by atomic mass is 10.0. The second-order valence-corrected chi connectivity index (χ2v) is 9.59. The highest BCUT2D eigenvalue weighted by Gasteiger charge is 2.27. The molecule has 0 saturated carbocycles. The van der Waals surface area contributed by atoms with Crippen molar-refractivity contribution in [1.29, 1.82) is 0 Å². The summed E-state index contributed by atoms with van der Waals surface area (Å²) >= 11 is 0. The van der Waals surface area contributed by atoms with Crippen LogP contribution in [0.1, 0.15) is 39.2 Å². The number of carboxylic acid groups (broad SMARTS) is 1. The predicted octanol–water partition coefficient (Wildman–Crippen LogP) is 3.57. The number of hydrogen-bond acceptors (Lipinski definition) is 4. The van der Waals surface area contributed by atoms with Gasteiger partial charge in [-0.2, -0.15) is 0 Å². The molecule has 0 aliphatic heterocycles. The topological polar surface area (TPSA) is 107 Å². The highest BCUT2D eigenvalue weighted by molar-refractivity contribution is 7.39. The van der Waals surface area contributed by atoms with Gasteiger partial charge in [0, 0.05) is 25.9 Å². The largest absolute Gasteiger partial charge is 0.612 e. The summed E-state index contributed by atoms with van der Waals surface area (Å²) in [6.45, 7) is 5.81. The normalized spacial score (nSPS) is 13.8. The molecule has 1 aromatic heterocycles. The Hall–Kier alpha value is -2.50. The van der Waals surface area contributed by atoms with E-state index < -0.39 is 31.9 Å². The smallest absolute Gasteiger partial charge is 0.326 e. The summed E-state index contributed by atoms with van der Waals surface area (Å²) < 4.78 is 6.14. The molecule has 0 saturated heterocycles. The van der Waals surface area contributed by atoms with Crippen LogP contribution in [0, 0.1) is 5.92 Å². The van der Waals surface area contributed by atoms with E-state index >= 15 is 0 Å². The van der Waals surface area contributed by atoms with Gasteiger partial charge in [0.15, 0.2) is 14.0 Å². The number of rotatable bonds is 11. The molecule has 168 valence electrons. The van der Waals surface area contributed by atoms with E-state index in [0.717, 1.165) is 16.7 Å². The lowest BCUT2D eigenvalue weighted by molar-refractivity contribution is -0.156. The first kappa shape index (κ1) is 24.8. The number of aromatic nitrogens is 1. The molecule has 31 heavy (non-hydrogen) atoms. The summed E-state index contributed by atoms with van der Waals surface area (Å²) in [5.41, 5.74) is 2.93. The molecule has 0 spiro atoms. The molecule has 0 fully saturated rings. The highest BCUT2D eigenvalue weighted by atomic mass is 31.1. The Bertz CT molecular complexity index is 906. The monoisotopic (exact) mass is 445 g/mol. The average Bonchev–Trinajstić information content (AvgIpc) is 3.13. The van der Waals surface area contributed by atoms with Gasteiger partial charge in [-0.05, 0) is 41.5 Å². The van der Waals surface area contributed by atoms with Crippen LogP contribution >= 0.6 is 7.94 Å². The maximum atomic E-state index is 12.8. The van der Waals surface area contributed by atoms with Crippen molar-refractivity contribution in [2.45, 2.75) is 52.1 Å². The molecule has 2 aromatic rings. The Morgan fingerprint density at radius 2 is 1.87 bits per heavy atom. The van der Waals surface area contributed by atoms with Crippen LogP contribution in [-0.2, 0) is 23.1 Å². The first-order valence-corrected chi connectivity index (χ1v) is 12.0. The number of nitrogens with zero attached hydrogens (tertiary/aromatic N) is 2. The van der Waals surface area contributed by atoms with Crippen LogP contribution < -0.4 is 10.2 Å². The average molecular weight is 446 g/mol. The fourth-order valence-corrected chi connectivity index (χ4v) is 4.28. The Balaban J connectivity index is 2.11. The standard InChI is InChI=1S/C23H32N3O4P/c1-5-12-31(30)25-20(13-16(2)3)22(27)24-21(23(28)29)14-17-6-8-18(9-7-17)19-10-11-26(4)15-19/h6-11,15-16,20-21H,5,12-14H2,1-4H3,(H,24,27)(H,28,29)/t20-,21-/m0/s1. The van der Waals surface area contributed by atoms with E-state index in [1.165, 1.54) is 0 Å². The molecule has 0 bridgehead atoms. The summed E-state index contributed by atoms with van der Waals surface area (Å²) in [6, 6.07) is 7.75. The van der Waals surface area contributed by atoms with Crippen LogP contribution in [0.5, 0.6) is 0 Å². The SMILES string of the molecule is CCC[P+]([O-])=N[C@@H](CC(C)C)C(=O)N[C@@H](Cc1ccc(-c2ccn(C)c2)cc1)C(=O)O. The molecule has 0 radical (unpaired) electrons. The van der Waals surface area contributed by atoms with Crippen molar-refractivity contribution in [2.24, 2.45) is 17.7 Å². The molecule has 1 heterocycles. The minimum absolute atomic E-state index is 0.158. The first-order chi connectivity index (χ1) is 14.7. The van der Waals surface area contributed by atoms with Crippen LogP contribution in [0.25, 0.3) is 11.1 Å². The third-order valence-corrected chi connectivity index (χ3v) is 6.22. The lowest BCUT2D eigenvalue weighted by Gasteiger charge is -2.18. The molecule has 0 aliphatic carbocycles. The molecule has 2 rings (SSSR count). The fraction of sp³-hybridized carbons (Fsp3) is 0.478. The number of aryl methyl sites for hydroxylation is 1. The summed E-state index contributed by atoms with van der Waals surface area (Å²) in [5.74, 6) is -1.43. The first-order valence-electron chi connectivity index (χ1n) is 10.6. The van der Waals surface area contributed by atoms with Crippen LogP contribution in [0.15, 0.2) is 47.5 Å². The van der Waals surface area contributed by atoms with E-state index in [1.807, 2.05) is 75.1 Å². The summed E-state index contributed by atoms with van der Waals surface area (Å²) in [4.78, 5) is 36.6. The molecule has 1 amide bonds. The minimum atomic E-state index is -1.83. The Kier molecular flexibility index (Phi) is 9.41. The summed E-state index contributed by atoms with van der Waals surface area (Å²) in [7, 11) is 0.123. The van der Waals surface area contributed by atoms with Crippen molar-refractivity contribution in [3.8, 4) is 11.1 Å². The number of nitrogens with one attached hydrogen (secondary N) is 1. The highest BCUT2D eigenvalue weighted by Crippen LogP contribution is 2.22. The number of carbonyl (C=O) groups is 2. The van der Waals surface area contributed by atoms with E-state index in [1.54, 1.807) is 0 Å². The number of benzene rings is 1. The zero-order valence-corrected chi connectivity index (χ0v) is 19.5. The molecular formula is C23H32N3O4P. The predicted molar refractivity (Wildman–Crippen MR) is 122 cm³/mol. The van der Waals surface area contributed by atoms with E-state index in [-0.39, 0.29) is 12.3 Å². The van der Waals surface area contributed by atoms with Gasteiger partial charge in [-0.1, -0.05) is 45.0 Å². The molecule has 1 unspecified atom stereocenters. The number of aliphatic carboxylic acids is 1. The third kappa shape index (κ3) is 7.93. The van der Waals surface area contributed by atoms with Crippen molar-refractivity contribution in [3.63, 3.8) is 0 Å². The summed E-state index contributed by atoms with van der Waals surface area (Å²) in [5, 5.41) is 12.2. The Morgan fingerprint density at radius 3 is 2.39 bits per heavy atom. The van der Waals surface area contributed by atoms with Gasteiger partial charge in [-0.25, -0.2) is 4.79 Å². The van der Waals surface area contributed by atoms with Gasteiger partial charge >= 0.3 is 5.97 Å². The Morgan fingerprint density at radius 1 is 1.19 bits per heavy atom. The maximum absolute atomic E-state index is 12.8. The fourth-order valence-electron chi connectivity index (χ4n) is 3.27. The molecule has 2 N–H and O–H groups in total. The molecule has 7 nitrogen and oxygen atoms in total. The van der Waals surface area contributed by atoms with Gasteiger partial charge < -0.3 is 19.9 Å². The molecular weight excluding hydrogens is 413 g/mol. The van der Waals surface area contributed by atoms with Crippen molar-refractivity contribution >= 4 is 19.8 Å². The molecule has 0 aliphatic rings. The van der Waals surface area contributed by atoms with Gasteiger partial charge in [0.2, 0.25) is 5.91 Å². The van der Waals surface area contributed by atoms with Gasteiger partial charge in [-0.3, -0.25) is 4.79 Å². The number of carbonyl (C=O) groups excluding carboxylic acids is 1. The zero-order chi connectivity index (χ0) is 23.0. The van der Waals surface area contributed by atoms with Gasteiger partial charge in [0.25, 0.3) is 0 Å². The van der Waals surface area contributed by atoms with Gasteiger partial charge in [-0.15, -0.1) is 4.74 Å². The van der Waals surface area contributed by atoms with Crippen LogP contribution in [0.3, 0.4) is 0 Å². The van der Waals surface area contributed by atoms with Crippen LogP contribution in [0.2, 0.25) is 0 Å². The van der Waals surface area contributed by atoms with Crippen molar-refractivity contribution < 1.29 is 19.6 Å². The van der Waals surface area contributed by atoms with Crippen molar-refractivity contribution in [3.05, 3.63) is 48.3 Å². The summed E-state index contributed by atoms with van der Waals surface area (Å²) in [6.07, 6.45) is 5.70. The van der Waals surface area contributed by atoms with Crippen molar-refractivity contribution in [2.75, 3.05) is 6.16 Å². The van der Waals surface area contributed by atoms with Gasteiger partial charge in [0.05, 0.1) is 0 Å². The lowest BCUT2D eigenvalue weighted by Crippen LogP contribution is -2.46. The Labute approximate surface area is 185 Å². The third-order valence-electron chi connectivity index (χ3n) is 4.85. The maximum Gasteiger partial charge on any atom is 0.326 e. The van der Waals surface area contributed by atoms with E-state index in [0.29, 0.717) is 19.0 Å². The van der Waals surface area contributed by atoms with E-state index in [9.17, 15) is 19.6 Å². The second kappa shape index (κ2) is 11.8. The van der Waals surface area contributed by atoms with Crippen molar-refractivity contribution in [1.82, 2.24) is 9.88 Å². The quantitative estimate of drug-likeness (QED) is 0.516. The van der Waals surface area contributed by atoms with E-state index in [4.69, 9.17) is 0 Å². The van der Waals surface area contributed by atoms with Crippen LogP contribution in [-0.4, -0.2) is 39.8 Å². The number of hydrogen-bond donors (Lipinski definition) is 2. The zero-order valence-electron chi connectivity index (χ0n) is 18.6.